The fraction of sp³-hybridized carbons (Fsp3) is 0.800. The highest BCUT2D eigenvalue weighted by atomic mass is 32.2. The summed E-state index contributed by atoms with van der Waals surface area (Å²) in [6.45, 7) is 2.01. The molecule has 0 aliphatic carbocycles. The van der Waals surface area contributed by atoms with Gasteiger partial charge in [0.25, 0.3) is 0 Å². The first kappa shape index (κ1) is 13.5. The van der Waals surface area contributed by atoms with Crippen molar-refractivity contribution in [3.63, 3.8) is 0 Å². The molecular formula is C10H19N3O2S. The van der Waals surface area contributed by atoms with Crippen molar-refractivity contribution in [1.29, 1.82) is 0 Å². The van der Waals surface area contributed by atoms with Crippen molar-refractivity contribution in [2.45, 2.75) is 31.9 Å². The Hall–Kier alpha value is -0.590. The predicted octanol–water partition coefficient (Wildman–Crippen LogP) is 1.92. The highest BCUT2D eigenvalue weighted by Gasteiger charge is 2.19. The number of methoxy groups -OCH3 is 1. The second-order valence-corrected chi connectivity index (χ2v) is 4.50. The van der Waals surface area contributed by atoms with Crippen molar-refractivity contribution in [2.75, 3.05) is 19.1 Å². The lowest BCUT2D eigenvalue weighted by molar-refractivity contribution is 0.0903. The number of hydrogen-bond acceptors (Lipinski definition) is 6. The molecule has 1 aromatic rings. The molecule has 0 spiro atoms. The van der Waals surface area contributed by atoms with Crippen LogP contribution in [0.3, 0.4) is 0 Å². The first-order valence-corrected chi connectivity index (χ1v) is 6.73. The summed E-state index contributed by atoms with van der Waals surface area (Å²) < 4.78 is 10.4. The summed E-state index contributed by atoms with van der Waals surface area (Å²) in [6.07, 6.45) is 3.59. The van der Waals surface area contributed by atoms with Crippen molar-refractivity contribution < 1.29 is 9.26 Å². The van der Waals surface area contributed by atoms with Crippen LogP contribution >= 0.6 is 11.8 Å². The molecule has 16 heavy (non-hydrogen) atoms. The second kappa shape index (κ2) is 6.88. The molecule has 0 saturated carbocycles. The molecule has 2 atom stereocenters. The van der Waals surface area contributed by atoms with Gasteiger partial charge in [-0.1, -0.05) is 12.1 Å². The van der Waals surface area contributed by atoms with Crippen LogP contribution in [0.25, 0.3) is 0 Å². The van der Waals surface area contributed by atoms with Gasteiger partial charge < -0.3 is 15.0 Å². The van der Waals surface area contributed by atoms with E-state index in [1.54, 1.807) is 18.9 Å². The number of nitrogens with two attached hydrogens (primary N) is 1. The summed E-state index contributed by atoms with van der Waals surface area (Å²) in [5.41, 5.74) is 5.93. The van der Waals surface area contributed by atoms with E-state index in [0.717, 1.165) is 18.6 Å². The lowest BCUT2D eigenvalue weighted by atomic mass is 10.2. The predicted molar refractivity (Wildman–Crippen MR) is 64.3 cm³/mol. The molecule has 0 aromatic carbocycles. The maximum Gasteiger partial charge on any atom is 0.243 e. The lowest BCUT2D eigenvalue weighted by Crippen LogP contribution is -2.12. The minimum atomic E-state index is -0.178. The van der Waals surface area contributed by atoms with Gasteiger partial charge in [-0.25, -0.2) is 0 Å². The molecule has 0 fully saturated rings. The fourth-order valence-corrected chi connectivity index (χ4v) is 1.84. The van der Waals surface area contributed by atoms with E-state index in [1.807, 2.05) is 13.2 Å². The number of hydrogen-bond donors (Lipinski definition) is 1. The van der Waals surface area contributed by atoms with Crippen LogP contribution in [0.15, 0.2) is 4.52 Å². The Morgan fingerprint density at radius 3 is 2.88 bits per heavy atom. The zero-order chi connectivity index (χ0) is 12.0. The van der Waals surface area contributed by atoms with Gasteiger partial charge in [-0.05, 0) is 24.9 Å². The summed E-state index contributed by atoms with van der Waals surface area (Å²) in [5, 5.41) is 3.89. The van der Waals surface area contributed by atoms with E-state index in [9.17, 15) is 0 Å². The van der Waals surface area contributed by atoms with Crippen LogP contribution in [0.5, 0.6) is 0 Å². The zero-order valence-electron chi connectivity index (χ0n) is 9.97. The van der Waals surface area contributed by atoms with Gasteiger partial charge in [0, 0.05) is 7.11 Å². The van der Waals surface area contributed by atoms with Crippen LogP contribution in [0, 0.1) is 0 Å². The Morgan fingerprint density at radius 2 is 2.31 bits per heavy atom. The smallest absolute Gasteiger partial charge is 0.243 e. The number of nitrogens with zero attached hydrogens (tertiary/aromatic N) is 2. The monoisotopic (exact) mass is 245 g/mol. The Bertz CT molecular complexity index is 302. The Morgan fingerprint density at radius 1 is 1.56 bits per heavy atom. The normalized spacial score (nSPS) is 15.0. The Balaban J connectivity index is 2.62. The van der Waals surface area contributed by atoms with Gasteiger partial charge in [-0.15, -0.1) is 0 Å². The quantitative estimate of drug-likeness (QED) is 0.791. The molecule has 1 rings (SSSR count). The summed E-state index contributed by atoms with van der Waals surface area (Å²) in [5.74, 6) is 2.07. The van der Waals surface area contributed by atoms with Crippen LogP contribution in [0.2, 0.25) is 0 Å². The average Bonchev–Trinajstić information content (AvgIpc) is 2.77. The van der Waals surface area contributed by atoms with Crippen LogP contribution in [0.4, 0.5) is 0 Å². The largest absolute Gasteiger partial charge is 0.373 e. The van der Waals surface area contributed by atoms with Crippen LogP contribution in [-0.4, -0.2) is 29.3 Å². The van der Waals surface area contributed by atoms with Crippen LogP contribution in [-0.2, 0) is 4.74 Å². The molecule has 1 heterocycles. The van der Waals surface area contributed by atoms with E-state index < -0.39 is 0 Å². The average molecular weight is 245 g/mol. The SMILES string of the molecule is CCC(OC)c1noc(C(N)CCSC)n1. The third-order valence-corrected chi connectivity index (χ3v) is 2.99. The van der Waals surface area contributed by atoms with Gasteiger partial charge in [0.15, 0.2) is 0 Å². The van der Waals surface area contributed by atoms with E-state index in [-0.39, 0.29) is 12.1 Å². The summed E-state index contributed by atoms with van der Waals surface area (Å²) >= 11 is 1.75. The number of thioether (sulfide) groups is 1. The molecule has 0 aliphatic heterocycles. The van der Waals surface area contributed by atoms with Gasteiger partial charge in [-0.3, -0.25) is 0 Å². The summed E-state index contributed by atoms with van der Waals surface area (Å²) in [7, 11) is 1.64. The standard InChI is InChI=1S/C10H19N3O2S/c1-4-8(14-2)9-12-10(15-13-9)7(11)5-6-16-3/h7-8H,4-6,11H2,1-3H3. The van der Waals surface area contributed by atoms with Gasteiger partial charge in [0.1, 0.15) is 6.10 Å². The van der Waals surface area contributed by atoms with Crippen LogP contribution in [0.1, 0.15) is 43.6 Å². The van der Waals surface area contributed by atoms with E-state index in [0.29, 0.717) is 11.7 Å². The topological polar surface area (TPSA) is 74.2 Å². The highest BCUT2D eigenvalue weighted by molar-refractivity contribution is 7.98. The molecule has 5 nitrogen and oxygen atoms in total. The molecule has 2 unspecified atom stereocenters. The summed E-state index contributed by atoms with van der Waals surface area (Å²) in [4.78, 5) is 4.27. The maximum absolute atomic E-state index is 5.93. The number of aromatic nitrogens is 2. The van der Waals surface area contributed by atoms with Gasteiger partial charge >= 0.3 is 0 Å². The number of rotatable bonds is 7. The Labute approximate surface area is 100 Å². The van der Waals surface area contributed by atoms with Crippen molar-refractivity contribution in [3.8, 4) is 0 Å². The van der Waals surface area contributed by atoms with Gasteiger partial charge in [-0.2, -0.15) is 16.7 Å². The van der Waals surface area contributed by atoms with Crippen molar-refractivity contribution in [3.05, 3.63) is 11.7 Å². The van der Waals surface area contributed by atoms with E-state index in [2.05, 4.69) is 10.1 Å². The molecule has 0 bridgehead atoms. The van der Waals surface area contributed by atoms with Gasteiger partial charge in [0.05, 0.1) is 6.04 Å². The molecular weight excluding hydrogens is 226 g/mol. The Kier molecular flexibility index (Phi) is 5.79. The van der Waals surface area contributed by atoms with E-state index in [4.69, 9.17) is 15.0 Å². The minimum absolute atomic E-state index is 0.106. The second-order valence-electron chi connectivity index (χ2n) is 3.51. The molecule has 6 heteroatoms. The van der Waals surface area contributed by atoms with Crippen molar-refractivity contribution >= 4 is 11.8 Å². The van der Waals surface area contributed by atoms with E-state index in [1.165, 1.54) is 0 Å². The molecule has 0 radical (unpaired) electrons. The molecule has 92 valence electrons. The molecule has 0 saturated heterocycles. The van der Waals surface area contributed by atoms with Crippen molar-refractivity contribution in [1.82, 2.24) is 10.1 Å². The molecule has 0 aliphatic rings. The van der Waals surface area contributed by atoms with E-state index >= 15 is 0 Å². The minimum Gasteiger partial charge on any atom is -0.373 e. The molecule has 2 N–H and O–H groups in total. The molecule has 0 amide bonds. The van der Waals surface area contributed by atoms with Crippen LogP contribution < -0.4 is 5.73 Å². The first-order chi connectivity index (χ1) is 7.72. The first-order valence-electron chi connectivity index (χ1n) is 5.33. The van der Waals surface area contributed by atoms with Gasteiger partial charge in [0.2, 0.25) is 11.7 Å². The number of ether oxygens (including phenoxy) is 1. The molecule has 1 aromatic heterocycles. The highest BCUT2D eigenvalue weighted by Crippen LogP contribution is 2.20. The third-order valence-electron chi connectivity index (χ3n) is 2.35. The zero-order valence-corrected chi connectivity index (χ0v) is 10.8. The van der Waals surface area contributed by atoms with Crippen molar-refractivity contribution in [2.24, 2.45) is 5.73 Å². The lowest BCUT2D eigenvalue weighted by Gasteiger charge is -2.07. The maximum atomic E-state index is 5.93. The fourth-order valence-electron chi connectivity index (χ4n) is 1.35. The third kappa shape index (κ3) is 3.47. The summed E-state index contributed by atoms with van der Waals surface area (Å²) in [6, 6.07) is -0.178.